The van der Waals surface area contributed by atoms with Crippen LogP contribution in [0, 0.1) is 0 Å². The number of hydrogen-bond acceptors (Lipinski definition) is 4. The van der Waals surface area contributed by atoms with Gasteiger partial charge in [0.25, 0.3) is 5.91 Å². The van der Waals surface area contributed by atoms with E-state index in [1.807, 2.05) is 30.0 Å². The van der Waals surface area contributed by atoms with Crippen molar-refractivity contribution in [1.29, 1.82) is 0 Å². The number of anilines is 1. The van der Waals surface area contributed by atoms with Crippen LogP contribution in [0.1, 0.15) is 67.3 Å². The van der Waals surface area contributed by atoms with Gasteiger partial charge in [-0.2, -0.15) is 4.68 Å². The van der Waals surface area contributed by atoms with Gasteiger partial charge in [-0.05, 0) is 75.1 Å². The topological polar surface area (TPSA) is 70.5 Å². The van der Waals surface area contributed by atoms with Crippen LogP contribution in [-0.4, -0.2) is 56.7 Å². The predicted octanol–water partition coefficient (Wildman–Crippen LogP) is 5.10. The van der Waals surface area contributed by atoms with Crippen molar-refractivity contribution < 1.29 is 9.59 Å². The van der Waals surface area contributed by atoms with Crippen molar-refractivity contribution in [2.75, 3.05) is 25.0 Å². The van der Waals surface area contributed by atoms with Crippen LogP contribution in [0.15, 0.2) is 42.7 Å². The number of halogens is 1. The zero-order valence-corrected chi connectivity index (χ0v) is 19.8. The first-order valence-electron chi connectivity index (χ1n) is 11.8. The molecule has 1 N–H and O–H groups in total. The average Bonchev–Trinajstić information content (AvgIpc) is 3.41. The molecule has 1 aliphatic carbocycles. The first kappa shape index (κ1) is 22.0. The summed E-state index contributed by atoms with van der Waals surface area (Å²) >= 11 is 6.38. The molecule has 1 aromatic heterocycles. The number of carbonyl (C=O) groups is 2. The van der Waals surface area contributed by atoms with Gasteiger partial charge in [0.15, 0.2) is 5.82 Å². The highest BCUT2D eigenvalue weighted by Gasteiger charge is 2.46. The van der Waals surface area contributed by atoms with Gasteiger partial charge in [0.2, 0.25) is 0 Å². The van der Waals surface area contributed by atoms with E-state index in [0.717, 1.165) is 66.9 Å². The lowest BCUT2D eigenvalue weighted by atomic mass is 9.84. The first-order chi connectivity index (χ1) is 15.9. The molecule has 2 aromatic rings. The van der Waals surface area contributed by atoms with Crippen LogP contribution in [0.5, 0.6) is 0 Å². The van der Waals surface area contributed by atoms with E-state index in [2.05, 4.69) is 21.9 Å². The number of carbonyl (C=O) groups excluding carboxylic acids is 2. The lowest BCUT2D eigenvalue weighted by Gasteiger charge is -2.44. The summed E-state index contributed by atoms with van der Waals surface area (Å²) in [5.41, 5.74) is 2.43. The van der Waals surface area contributed by atoms with Gasteiger partial charge in [0.05, 0.1) is 0 Å². The second-order valence-corrected chi connectivity index (χ2v) is 10.0. The minimum Gasteiger partial charge on any atom is -0.343 e. The fourth-order valence-electron chi connectivity index (χ4n) is 5.29. The van der Waals surface area contributed by atoms with Crippen molar-refractivity contribution in [3.8, 4) is 0 Å². The van der Waals surface area contributed by atoms with Crippen LogP contribution < -0.4 is 5.32 Å². The molecule has 2 aliphatic heterocycles. The van der Waals surface area contributed by atoms with Crippen LogP contribution in [-0.2, 0) is 0 Å². The van der Waals surface area contributed by atoms with E-state index in [0.29, 0.717) is 24.8 Å². The third-order valence-corrected chi connectivity index (χ3v) is 7.54. The molecule has 1 saturated carbocycles. The zero-order chi connectivity index (χ0) is 23.2. The number of allylic oxidation sites excluding steroid dienone is 1. The second-order valence-electron chi connectivity index (χ2n) is 9.62. The Balaban J connectivity index is 1.27. The summed E-state index contributed by atoms with van der Waals surface area (Å²) in [6.07, 6.45) is 7.51. The van der Waals surface area contributed by atoms with Crippen LogP contribution >= 0.6 is 11.6 Å². The summed E-state index contributed by atoms with van der Waals surface area (Å²) in [5.74, 6) is 1.19. The maximum absolute atomic E-state index is 13.5. The molecule has 0 atom stereocenters. The van der Waals surface area contributed by atoms with E-state index in [4.69, 9.17) is 11.6 Å². The number of benzene rings is 1. The normalized spacial score (nSPS) is 19.7. The highest BCUT2D eigenvalue weighted by atomic mass is 35.5. The molecule has 5 rings (SSSR count). The van der Waals surface area contributed by atoms with Crippen molar-refractivity contribution >= 4 is 29.4 Å². The van der Waals surface area contributed by atoms with Gasteiger partial charge in [0.1, 0.15) is 0 Å². The summed E-state index contributed by atoms with van der Waals surface area (Å²) in [7, 11) is 0. The third kappa shape index (κ3) is 4.26. The molecule has 33 heavy (non-hydrogen) atoms. The molecule has 3 aliphatic rings. The number of rotatable bonds is 4. The predicted molar refractivity (Wildman–Crippen MR) is 129 cm³/mol. The zero-order valence-electron chi connectivity index (χ0n) is 19.0. The molecule has 2 amide bonds. The second kappa shape index (κ2) is 8.52. The summed E-state index contributed by atoms with van der Waals surface area (Å²) in [6, 6.07) is 7.35. The summed E-state index contributed by atoms with van der Waals surface area (Å²) < 4.78 is 1.37. The summed E-state index contributed by atoms with van der Waals surface area (Å²) in [6.45, 7) is 7.64. The SMILES string of the molecule is C=C(C)Nc1ccn(C(=O)N2CCC3(CCCN3C(=O)c3ccc(Cl)c(C4CC4)c3)CC2)n1. The number of amides is 2. The van der Waals surface area contributed by atoms with Crippen molar-refractivity contribution in [1.82, 2.24) is 19.6 Å². The Morgan fingerprint density at radius 1 is 1.15 bits per heavy atom. The minimum atomic E-state index is -0.177. The van der Waals surface area contributed by atoms with E-state index < -0.39 is 0 Å². The minimum absolute atomic E-state index is 0.0911. The fraction of sp³-hybridized carbons (Fsp3) is 0.480. The van der Waals surface area contributed by atoms with Gasteiger partial charge in [0, 0.05) is 53.7 Å². The average molecular weight is 468 g/mol. The van der Waals surface area contributed by atoms with Gasteiger partial charge < -0.3 is 15.1 Å². The number of nitrogens with one attached hydrogen (secondary N) is 1. The molecular weight excluding hydrogens is 438 g/mol. The van der Waals surface area contributed by atoms with E-state index in [1.165, 1.54) is 4.68 Å². The van der Waals surface area contributed by atoms with Crippen LogP contribution in [0.3, 0.4) is 0 Å². The number of hydrogen-bond donors (Lipinski definition) is 1. The molecule has 0 unspecified atom stereocenters. The summed E-state index contributed by atoms with van der Waals surface area (Å²) in [5, 5.41) is 8.10. The Morgan fingerprint density at radius 2 is 1.91 bits per heavy atom. The van der Waals surface area contributed by atoms with E-state index >= 15 is 0 Å². The molecule has 3 fully saturated rings. The fourth-order valence-corrected chi connectivity index (χ4v) is 5.56. The van der Waals surface area contributed by atoms with Gasteiger partial charge in [-0.3, -0.25) is 4.79 Å². The molecule has 7 nitrogen and oxygen atoms in total. The Hall–Kier alpha value is -2.80. The van der Waals surface area contributed by atoms with E-state index in [9.17, 15) is 9.59 Å². The van der Waals surface area contributed by atoms with Crippen molar-refractivity contribution in [3.05, 3.63) is 58.9 Å². The number of piperidine rings is 1. The largest absolute Gasteiger partial charge is 0.344 e. The standard InChI is InChI=1S/C25H30ClN5O2/c1-17(2)27-22-8-13-31(28-22)24(33)29-14-10-25(11-15-29)9-3-12-30(25)23(32)19-6-7-21(26)20(16-19)18-4-5-18/h6-8,13,16,18H,1,3-5,9-12,14-15H2,2H3,(H,27,28). The molecule has 8 heteroatoms. The van der Waals surface area contributed by atoms with Crippen molar-refractivity contribution in [2.24, 2.45) is 0 Å². The van der Waals surface area contributed by atoms with Gasteiger partial charge in [-0.1, -0.05) is 18.2 Å². The van der Waals surface area contributed by atoms with Crippen LogP contribution in [0.2, 0.25) is 5.02 Å². The lowest BCUT2D eigenvalue weighted by molar-refractivity contribution is 0.0420. The van der Waals surface area contributed by atoms with Gasteiger partial charge in [-0.25, -0.2) is 4.79 Å². The molecule has 0 radical (unpaired) electrons. The highest BCUT2D eigenvalue weighted by Crippen LogP contribution is 2.44. The van der Waals surface area contributed by atoms with Crippen LogP contribution in [0.4, 0.5) is 10.6 Å². The van der Waals surface area contributed by atoms with Crippen molar-refractivity contribution in [3.63, 3.8) is 0 Å². The van der Waals surface area contributed by atoms with Crippen molar-refractivity contribution in [2.45, 2.75) is 56.9 Å². The molecule has 1 aromatic carbocycles. The Morgan fingerprint density at radius 3 is 2.61 bits per heavy atom. The number of aromatic nitrogens is 2. The first-order valence-corrected chi connectivity index (χ1v) is 12.1. The molecule has 1 spiro atoms. The lowest BCUT2D eigenvalue weighted by Crippen LogP contribution is -2.55. The third-order valence-electron chi connectivity index (χ3n) is 7.19. The smallest absolute Gasteiger partial charge is 0.343 e. The Bertz CT molecular complexity index is 1100. The highest BCUT2D eigenvalue weighted by molar-refractivity contribution is 6.31. The Kier molecular flexibility index (Phi) is 5.69. The van der Waals surface area contributed by atoms with Gasteiger partial charge >= 0.3 is 6.03 Å². The Labute approximate surface area is 199 Å². The maximum atomic E-state index is 13.5. The van der Waals surface area contributed by atoms with Crippen LogP contribution in [0.25, 0.3) is 0 Å². The molecule has 0 bridgehead atoms. The molecular formula is C25H30ClN5O2. The number of nitrogens with zero attached hydrogens (tertiary/aromatic N) is 4. The maximum Gasteiger partial charge on any atom is 0.344 e. The van der Waals surface area contributed by atoms with E-state index in [1.54, 1.807) is 12.3 Å². The molecule has 2 saturated heterocycles. The summed E-state index contributed by atoms with van der Waals surface area (Å²) in [4.78, 5) is 30.4. The molecule has 174 valence electrons. The number of likely N-dealkylation sites (tertiary alicyclic amines) is 2. The quantitative estimate of drug-likeness (QED) is 0.679. The molecule has 3 heterocycles. The van der Waals surface area contributed by atoms with Gasteiger partial charge in [-0.15, -0.1) is 5.10 Å². The van der Waals surface area contributed by atoms with E-state index in [-0.39, 0.29) is 17.5 Å². The monoisotopic (exact) mass is 467 g/mol.